The molecule has 70 heavy (non-hydrogen) atoms. The summed E-state index contributed by atoms with van der Waals surface area (Å²) >= 11 is 6.26. The van der Waals surface area contributed by atoms with E-state index >= 15 is 0 Å². The summed E-state index contributed by atoms with van der Waals surface area (Å²) in [6.07, 6.45) is 15.0. The number of anilines is 4. The number of carbonyl (C=O) groups excluding carboxylic acids is 1. The monoisotopic (exact) mass is 975 g/mol. The van der Waals surface area contributed by atoms with Crippen molar-refractivity contribution in [3.05, 3.63) is 87.8 Å². The van der Waals surface area contributed by atoms with Gasteiger partial charge in [0.2, 0.25) is 11.8 Å². The number of hydrogen-bond donors (Lipinski definition) is 0. The molecule has 5 aliphatic heterocycles. The number of nitrogens with zero attached hydrogens (tertiary/aromatic N) is 12. The van der Waals surface area contributed by atoms with Crippen LogP contribution in [-0.2, 0) is 31.2 Å². The number of aryl methyl sites for hydroxylation is 2. The molecule has 370 valence electrons. The summed E-state index contributed by atoms with van der Waals surface area (Å²) in [4.78, 5) is 23.4. The van der Waals surface area contributed by atoms with Gasteiger partial charge in [0.1, 0.15) is 12.2 Å². The summed E-state index contributed by atoms with van der Waals surface area (Å²) in [5.74, 6) is 2.47. The van der Waals surface area contributed by atoms with Gasteiger partial charge in [-0.25, -0.2) is 8.78 Å². The van der Waals surface area contributed by atoms with Crippen molar-refractivity contribution in [3.63, 3.8) is 0 Å². The van der Waals surface area contributed by atoms with E-state index in [4.69, 9.17) is 26.7 Å². The summed E-state index contributed by atoms with van der Waals surface area (Å²) in [5.41, 5.74) is 7.40. The van der Waals surface area contributed by atoms with Crippen LogP contribution in [0.25, 0.3) is 11.1 Å². The van der Waals surface area contributed by atoms with E-state index < -0.39 is 6.43 Å². The largest absolute Gasteiger partial charge is 0.473 e. The van der Waals surface area contributed by atoms with Crippen molar-refractivity contribution in [2.75, 3.05) is 74.1 Å². The van der Waals surface area contributed by atoms with Gasteiger partial charge in [0.25, 0.3) is 6.43 Å². The molecule has 3 aromatic heterocycles. The van der Waals surface area contributed by atoms with E-state index in [9.17, 15) is 13.6 Å². The lowest BCUT2D eigenvalue weighted by Gasteiger charge is -2.39. The van der Waals surface area contributed by atoms with Gasteiger partial charge in [-0.2, -0.15) is 15.5 Å². The molecule has 1 saturated carbocycles. The van der Waals surface area contributed by atoms with E-state index in [2.05, 4.69) is 58.8 Å². The van der Waals surface area contributed by atoms with Crippen LogP contribution in [-0.4, -0.2) is 111 Å². The lowest BCUT2D eigenvalue weighted by molar-refractivity contribution is -0.129. The van der Waals surface area contributed by atoms with Crippen molar-refractivity contribution < 1.29 is 18.3 Å². The Bertz CT molecular complexity index is 2700. The first-order chi connectivity index (χ1) is 33.9. The number of amides is 1. The van der Waals surface area contributed by atoms with Crippen molar-refractivity contribution in [3.8, 4) is 23.1 Å². The minimum atomic E-state index is -2.61. The Morgan fingerprint density at radius 3 is 2.33 bits per heavy atom. The number of ether oxygens (including phenoxy) is 1. The topological polar surface area (TPSA) is 128 Å². The number of fused-ring (bicyclic) bond motifs is 2. The average molecular weight is 976 g/mol. The standard InChI is InChI=1S/C28H34F2N6O.C25H31ClN6O/c1-18(37)34-12-10-25-24(17-34)28(32-36(25)21-8-4-3-5-9-21)35-11-6-7-19-13-22(20-15-31-33(2)16-20)23(27(29)30)14-26(19)35;1-30-11-6-21(7-12-30)33-24-5-4-23(28-29-24)31-13-8-25(9-14-31)10-15-32(18-25)20-3-2-19(17-27)22(26)16-20/h13-16,21,27H,3-12,17H2,1-2H3;2-5,16,21H,6-15,18H2,1H3. The molecule has 0 radical (unpaired) electrons. The molecule has 1 amide bonds. The summed E-state index contributed by atoms with van der Waals surface area (Å²) in [7, 11) is 3.95. The fourth-order valence-electron chi connectivity index (χ4n) is 11.8. The third-order valence-corrected chi connectivity index (χ3v) is 16.2. The molecule has 5 aromatic rings. The number of halogens is 3. The quantitative estimate of drug-likeness (QED) is 0.148. The SMILES string of the molecule is CC(=O)N1CCc2c(c(N3CCCc4cc(-c5cnn(C)c5)c(C(F)F)cc43)nn2C2CCCCC2)C1.CN1CCC(Oc2ccc(N3CCC4(CCN(c5ccc(C#N)c(Cl)c5)C4)CC3)nn2)CC1. The molecule has 1 aliphatic carbocycles. The van der Waals surface area contributed by atoms with E-state index in [0.717, 1.165) is 138 Å². The number of nitriles is 1. The number of aromatic nitrogens is 6. The van der Waals surface area contributed by atoms with Crippen molar-refractivity contribution in [2.45, 2.75) is 116 Å². The molecule has 17 heteroatoms. The highest BCUT2D eigenvalue weighted by atomic mass is 35.5. The number of rotatable bonds is 8. The molecule has 1 spiro atoms. The van der Waals surface area contributed by atoms with E-state index in [0.29, 0.717) is 52.1 Å². The predicted molar refractivity (Wildman–Crippen MR) is 268 cm³/mol. The van der Waals surface area contributed by atoms with Crippen LogP contribution in [0.1, 0.15) is 118 Å². The van der Waals surface area contributed by atoms with Gasteiger partial charge in [-0.3, -0.25) is 14.2 Å². The van der Waals surface area contributed by atoms with E-state index in [-0.39, 0.29) is 17.6 Å². The molecule has 0 atom stereocenters. The van der Waals surface area contributed by atoms with Crippen molar-refractivity contribution in [1.82, 2.24) is 39.6 Å². The second-order valence-corrected chi connectivity index (χ2v) is 20.9. The second kappa shape index (κ2) is 20.5. The number of benzene rings is 2. The first kappa shape index (κ1) is 47.9. The molecule has 6 aliphatic rings. The summed E-state index contributed by atoms with van der Waals surface area (Å²) in [6, 6.07) is 15.9. The van der Waals surface area contributed by atoms with E-state index in [1.165, 1.54) is 31.4 Å². The van der Waals surface area contributed by atoms with Crippen LogP contribution in [0, 0.1) is 16.7 Å². The Balaban J connectivity index is 0.000000163. The zero-order valence-electron chi connectivity index (χ0n) is 40.8. The van der Waals surface area contributed by atoms with E-state index in [1.807, 2.05) is 35.2 Å². The highest BCUT2D eigenvalue weighted by molar-refractivity contribution is 6.32. The Morgan fingerprint density at radius 1 is 0.886 bits per heavy atom. The number of likely N-dealkylation sites (tertiary alicyclic amines) is 1. The molecule has 11 rings (SSSR count). The third-order valence-electron chi connectivity index (χ3n) is 15.9. The van der Waals surface area contributed by atoms with E-state index in [1.54, 1.807) is 37.1 Å². The maximum Gasteiger partial charge on any atom is 0.264 e. The summed E-state index contributed by atoms with van der Waals surface area (Å²) < 4.78 is 38.7. The fourth-order valence-corrected chi connectivity index (χ4v) is 12.0. The van der Waals surface area contributed by atoms with Crippen LogP contribution < -0.4 is 19.4 Å². The van der Waals surface area contributed by atoms with Crippen LogP contribution in [0.3, 0.4) is 0 Å². The van der Waals surface area contributed by atoms with Gasteiger partial charge < -0.3 is 29.2 Å². The Kier molecular flexibility index (Phi) is 14.0. The predicted octanol–water partition coefficient (Wildman–Crippen LogP) is 9.69. The number of piperidine rings is 2. The van der Waals surface area contributed by atoms with Crippen LogP contribution in [0.2, 0.25) is 5.02 Å². The molecular weight excluding hydrogens is 910 g/mol. The summed E-state index contributed by atoms with van der Waals surface area (Å²) in [5, 5.41) is 27.9. The molecule has 0 unspecified atom stereocenters. The Labute approximate surface area is 415 Å². The molecule has 0 bridgehead atoms. The molecule has 2 aromatic carbocycles. The van der Waals surface area contributed by atoms with Crippen molar-refractivity contribution >= 4 is 40.5 Å². The van der Waals surface area contributed by atoms with Gasteiger partial charge in [-0.15, -0.1) is 10.2 Å². The zero-order chi connectivity index (χ0) is 48.5. The van der Waals surface area contributed by atoms with Gasteiger partial charge in [0.05, 0.1) is 29.4 Å². The van der Waals surface area contributed by atoms with Crippen molar-refractivity contribution in [1.29, 1.82) is 5.26 Å². The highest BCUT2D eigenvalue weighted by Gasteiger charge is 2.41. The van der Waals surface area contributed by atoms with Crippen LogP contribution in [0.5, 0.6) is 5.88 Å². The van der Waals surface area contributed by atoms with Gasteiger partial charge in [0.15, 0.2) is 11.6 Å². The van der Waals surface area contributed by atoms with Gasteiger partial charge in [0, 0.05) is 119 Å². The zero-order valence-corrected chi connectivity index (χ0v) is 41.6. The number of carbonyl (C=O) groups is 1. The third kappa shape index (κ3) is 10.1. The van der Waals surface area contributed by atoms with Crippen LogP contribution in [0.4, 0.5) is 31.8 Å². The normalized spacial score (nSPS) is 19.7. The first-order valence-corrected chi connectivity index (χ1v) is 25.8. The minimum Gasteiger partial charge on any atom is -0.473 e. The summed E-state index contributed by atoms with van der Waals surface area (Å²) in [6.45, 7) is 9.75. The van der Waals surface area contributed by atoms with Gasteiger partial charge in [-0.05, 0) is 118 Å². The lowest BCUT2D eigenvalue weighted by Crippen LogP contribution is -2.42. The number of alkyl halides is 2. The lowest BCUT2D eigenvalue weighted by atomic mass is 9.78. The van der Waals surface area contributed by atoms with Gasteiger partial charge in [-0.1, -0.05) is 30.9 Å². The second-order valence-electron chi connectivity index (χ2n) is 20.5. The molecule has 3 saturated heterocycles. The first-order valence-electron chi connectivity index (χ1n) is 25.4. The highest BCUT2D eigenvalue weighted by Crippen LogP contribution is 2.45. The molecule has 4 fully saturated rings. The van der Waals surface area contributed by atoms with Crippen LogP contribution >= 0.6 is 11.6 Å². The van der Waals surface area contributed by atoms with Crippen molar-refractivity contribution in [2.24, 2.45) is 12.5 Å². The maximum atomic E-state index is 14.4. The minimum absolute atomic E-state index is 0.0181. The van der Waals surface area contributed by atoms with Crippen LogP contribution in [0.15, 0.2) is 54.9 Å². The Morgan fingerprint density at radius 2 is 1.66 bits per heavy atom. The fraction of sp³-hybridized carbons (Fsp3) is 0.547. The average Bonchev–Trinajstić information content (AvgIpc) is 4.12. The smallest absolute Gasteiger partial charge is 0.264 e. The molecule has 0 N–H and O–H groups in total. The van der Waals surface area contributed by atoms with Gasteiger partial charge >= 0.3 is 0 Å². The maximum absolute atomic E-state index is 14.4. The molecule has 8 heterocycles. The number of hydrogen-bond acceptors (Lipinski definition) is 11. The molecule has 14 nitrogen and oxygen atoms in total. The Hall–Kier alpha value is -5.79. The molecular formula is C53H65ClF2N12O2.